The lowest BCUT2D eigenvalue weighted by atomic mass is 10.1. The molecule has 0 heterocycles. The van der Waals surface area contributed by atoms with Gasteiger partial charge in [-0.1, -0.05) is 30.3 Å². The molecule has 88 valence electrons. The number of hydrogen-bond acceptors (Lipinski definition) is 2. The summed E-state index contributed by atoms with van der Waals surface area (Å²) in [5.41, 5.74) is 6.65. The molecule has 0 atom stereocenters. The summed E-state index contributed by atoms with van der Waals surface area (Å²) >= 11 is 0. The Labute approximate surface area is 97.2 Å². The van der Waals surface area contributed by atoms with E-state index >= 15 is 0 Å². The Kier molecular flexibility index (Phi) is 5.57. The van der Waals surface area contributed by atoms with Crippen LogP contribution in [0.4, 0.5) is 0 Å². The van der Waals surface area contributed by atoms with Crippen LogP contribution in [0.2, 0.25) is 0 Å². The first-order valence-corrected chi connectivity index (χ1v) is 5.79. The van der Waals surface area contributed by atoms with E-state index in [1.165, 1.54) is 5.56 Å². The van der Waals surface area contributed by atoms with Crippen LogP contribution in [0.1, 0.15) is 18.9 Å². The number of nitrogens with two attached hydrogens (primary N) is 1. The van der Waals surface area contributed by atoms with Crippen LogP contribution in [0, 0.1) is 0 Å². The monoisotopic (exact) mass is 220 g/mol. The van der Waals surface area contributed by atoms with Crippen LogP contribution in [0.15, 0.2) is 30.3 Å². The summed E-state index contributed by atoms with van der Waals surface area (Å²) in [6, 6.07) is 10.2. The fraction of sp³-hybridized carbons (Fsp3) is 0.462. The largest absolute Gasteiger partial charge is 0.343 e. The number of nitrogens with zero attached hydrogens (tertiary/aromatic N) is 1. The number of rotatable bonds is 6. The first kappa shape index (κ1) is 12.7. The van der Waals surface area contributed by atoms with Crippen molar-refractivity contribution in [3.8, 4) is 0 Å². The maximum Gasteiger partial charge on any atom is 0.223 e. The second-order valence-electron chi connectivity index (χ2n) is 3.75. The Bertz CT molecular complexity index is 311. The van der Waals surface area contributed by atoms with Crippen LogP contribution in [-0.4, -0.2) is 30.4 Å². The average Bonchev–Trinajstić information content (AvgIpc) is 2.31. The van der Waals surface area contributed by atoms with Crippen molar-refractivity contribution in [1.29, 1.82) is 0 Å². The third-order valence-electron chi connectivity index (χ3n) is 2.61. The van der Waals surface area contributed by atoms with Crippen molar-refractivity contribution in [3.05, 3.63) is 35.9 Å². The van der Waals surface area contributed by atoms with E-state index in [0.29, 0.717) is 13.0 Å². The Morgan fingerprint density at radius 1 is 1.31 bits per heavy atom. The first-order valence-electron chi connectivity index (χ1n) is 5.79. The zero-order valence-corrected chi connectivity index (χ0v) is 9.86. The van der Waals surface area contributed by atoms with Crippen LogP contribution in [0.25, 0.3) is 0 Å². The SMILES string of the molecule is CCN(CCc1ccccc1)C(=O)CCN. The zero-order chi connectivity index (χ0) is 11.8. The van der Waals surface area contributed by atoms with E-state index < -0.39 is 0 Å². The minimum atomic E-state index is 0.154. The van der Waals surface area contributed by atoms with Crippen LogP contribution >= 0.6 is 0 Å². The van der Waals surface area contributed by atoms with Crippen molar-refractivity contribution in [2.75, 3.05) is 19.6 Å². The van der Waals surface area contributed by atoms with Gasteiger partial charge in [-0.25, -0.2) is 0 Å². The molecule has 0 saturated carbocycles. The van der Waals surface area contributed by atoms with Gasteiger partial charge >= 0.3 is 0 Å². The highest BCUT2D eigenvalue weighted by atomic mass is 16.2. The molecule has 0 saturated heterocycles. The normalized spacial score (nSPS) is 10.1. The Morgan fingerprint density at radius 2 is 2.00 bits per heavy atom. The smallest absolute Gasteiger partial charge is 0.223 e. The molecule has 0 aliphatic rings. The van der Waals surface area contributed by atoms with Gasteiger partial charge in [0.25, 0.3) is 0 Å². The van der Waals surface area contributed by atoms with E-state index in [2.05, 4.69) is 12.1 Å². The molecule has 2 N–H and O–H groups in total. The molecule has 0 aliphatic heterocycles. The summed E-state index contributed by atoms with van der Waals surface area (Å²) in [5, 5.41) is 0. The molecule has 0 radical (unpaired) electrons. The van der Waals surface area contributed by atoms with E-state index in [4.69, 9.17) is 5.73 Å². The Morgan fingerprint density at radius 3 is 2.56 bits per heavy atom. The molecule has 1 rings (SSSR count). The average molecular weight is 220 g/mol. The summed E-state index contributed by atoms with van der Waals surface area (Å²) in [6.45, 7) is 3.96. The molecule has 3 nitrogen and oxygen atoms in total. The summed E-state index contributed by atoms with van der Waals surface area (Å²) < 4.78 is 0. The second-order valence-corrected chi connectivity index (χ2v) is 3.75. The second kappa shape index (κ2) is 7.01. The standard InChI is InChI=1S/C13H20N2O/c1-2-15(13(16)8-10-14)11-9-12-6-4-3-5-7-12/h3-7H,2,8-11,14H2,1H3. The molecule has 0 fully saturated rings. The van der Waals surface area contributed by atoms with Crippen molar-refractivity contribution in [3.63, 3.8) is 0 Å². The molecule has 0 aliphatic carbocycles. The Balaban J connectivity index is 2.43. The molecule has 16 heavy (non-hydrogen) atoms. The summed E-state index contributed by atoms with van der Waals surface area (Å²) in [5.74, 6) is 0.154. The molecule has 1 aromatic carbocycles. The molecule has 3 heteroatoms. The summed E-state index contributed by atoms with van der Waals surface area (Å²) in [7, 11) is 0. The molecule has 1 amide bonds. The van der Waals surface area contributed by atoms with Crippen LogP contribution in [0.5, 0.6) is 0 Å². The topological polar surface area (TPSA) is 46.3 Å². The van der Waals surface area contributed by atoms with E-state index in [9.17, 15) is 4.79 Å². The lowest BCUT2D eigenvalue weighted by Crippen LogP contribution is -2.33. The van der Waals surface area contributed by atoms with E-state index in [-0.39, 0.29) is 5.91 Å². The highest BCUT2D eigenvalue weighted by Crippen LogP contribution is 2.02. The molecule has 0 unspecified atom stereocenters. The van der Waals surface area contributed by atoms with E-state index in [0.717, 1.165) is 19.5 Å². The molecule has 1 aromatic rings. The van der Waals surface area contributed by atoms with Gasteiger partial charge in [-0.05, 0) is 18.9 Å². The fourth-order valence-corrected chi connectivity index (χ4v) is 1.65. The third-order valence-corrected chi connectivity index (χ3v) is 2.61. The number of carbonyl (C=O) groups is 1. The van der Waals surface area contributed by atoms with Gasteiger partial charge in [0.15, 0.2) is 0 Å². The van der Waals surface area contributed by atoms with Gasteiger partial charge in [0.05, 0.1) is 0 Å². The molecular weight excluding hydrogens is 200 g/mol. The van der Waals surface area contributed by atoms with Crippen molar-refractivity contribution < 1.29 is 4.79 Å². The van der Waals surface area contributed by atoms with Crippen LogP contribution in [0.3, 0.4) is 0 Å². The number of benzene rings is 1. The maximum atomic E-state index is 11.6. The van der Waals surface area contributed by atoms with E-state index in [1.807, 2.05) is 30.0 Å². The number of carbonyl (C=O) groups excluding carboxylic acids is 1. The van der Waals surface area contributed by atoms with E-state index in [1.54, 1.807) is 0 Å². The van der Waals surface area contributed by atoms with Gasteiger partial charge in [-0.3, -0.25) is 4.79 Å². The predicted octanol–water partition coefficient (Wildman–Crippen LogP) is 1.43. The zero-order valence-electron chi connectivity index (χ0n) is 9.86. The summed E-state index contributed by atoms with van der Waals surface area (Å²) in [4.78, 5) is 13.5. The van der Waals surface area contributed by atoms with Gasteiger partial charge in [0.1, 0.15) is 0 Å². The first-order chi connectivity index (χ1) is 7.77. The molecule has 0 aromatic heterocycles. The minimum absolute atomic E-state index is 0.154. The van der Waals surface area contributed by atoms with Crippen molar-refractivity contribution >= 4 is 5.91 Å². The molecular formula is C13H20N2O. The van der Waals surface area contributed by atoms with Crippen LogP contribution < -0.4 is 5.73 Å². The lowest BCUT2D eigenvalue weighted by molar-refractivity contribution is -0.130. The van der Waals surface area contributed by atoms with Crippen LogP contribution in [-0.2, 0) is 11.2 Å². The van der Waals surface area contributed by atoms with Gasteiger partial charge in [-0.2, -0.15) is 0 Å². The molecule has 0 spiro atoms. The fourth-order valence-electron chi connectivity index (χ4n) is 1.65. The summed E-state index contributed by atoms with van der Waals surface area (Å²) in [6.07, 6.45) is 1.35. The highest BCUT2D eigenvalue weighted by Gasteiger charge is 2.09. The minimum Gasteiger partial charge on any atom is -0.343 e. The maximum absolute atomic E-state index is 11.6. The number of amides is 1. The van der Waals surface area contributed by atoms with Gasteiger partial charge in [0, 0.05) is 26.1 Å². The molecule has 0 bridgehead atoms. The van der Waals surface area contributed by atoms with Crippen molar-refractivity contribution in [2.45, 2.75) is 19.8 Å². The van der Waals surface area contributed by atoms with Crippen molar-refractivity contribution in [1.82, 2.24) is 4.90 Å². The van der Waals surface area contributed by atoms with Gasteiger partial charge in [-0.15, -0.1) is 0 Å². The van der Waals surface area contributed by atoms with Gasteiger partial charge in [0.2, 0.25) is 5.91 Å². The lowest BCUT2D eigenvalue weighted by Gasteiger charge is -2.20. The van der Waals surface area contributed by atoms with Crippen molar-refractivity contribution in [2.24, 2.45) is 5.73 Å². The quantitative estimate of drug-likeness (QED) is 0.788. The number of likely N-dealkylation sites (N-methyl/N-ethyl adjacent to an activating group) is 1. The predicted molar refractivity (Wildman–Crippen MR) is 66.1 cm³/mol. The Hall–Kier alpha value is -1.35. The third kappa shape index (κ3) is 4.03. The highest BCUT2D eigenvalue weighted by molar-refractivity contribution is 5.76. The number of hydrogen-bond donors (Lipinski definition) is 1. The van der Waals surface area contributed by atoms with Gasteiger partial charge < -0.3 is 10.6 Å².